The number of carbonyl (C=O) groups is 1. The monoisotopic (exact) mass is 491 g/mol. The van der Waals surface area contributed by atoms with E-state index >= 15 is 0 Å². The number of amides is 1. The van der Waals surface area contributed by atoms with Crippen LogP contribution in [0.3, 0.4) is 0 Å². The summed E-state index contributed by atoms with van der Waals surface area (Å²) >= 11 is 18.2. The van der Waals surface area contributed by atoms with E-state index < -0.39 is 18.3 Å². The second-order valence-electron chi connectivity index (χ2n) is 7.48. The highest BCUT2D eigenvalue weighted by atomic mass is 35.5. The van der Waals surface area contributed by atoms with E-state index in [2.05, 4.69) is 17.4 Å². The summed E-state index contributed by atoms with van der Waals surface area (Å²) in [7, 11) is 0. The van der Waals surface area contributed by atoms with Gasteiger partial charge >= 0.3 is 6.09 Å². The number of benzene rings is 3. The molecule has 0 heterocycles. The fraction of sp³-hybridized carbons (Fsp3) is 0.208. The molecule has 5 nitrogen and oxygen atoms in total. The van der Waals surface area contributed by atoms with Crippen LogP contribution in [-0.4, -0.2) is 35.6 Å². The van der Waals surface area contributed by atoms with Crippen LogP contribution in [0.25, 0.3) is 11.1 Å². The van der Waals surface area contributed by atoms with E-state index in [9.17, 15) is 15.0 Å². The van der Waals surface area contributed by atoms with Gasteiger partial charge in [0.2, 0.25) is 0 Å². The van der Waals surface area contributed by atoms with E-state index in [4.69, 9.17) is 39.5 Å². The average Bonchev–Trinajstić information content (AvgIpc) is 3.12. The van der Waals surface area contributed by atoms with Crippen molar-refractivity contribution >= 4 is 40.9 Å². The van der Waals surface area contributed by atoms with Crippen molar-refractivity contribution in [3.05, 3.63) is 92.4 Å². The lowest BCUT2D eigenvalue weighted by atomic mass is 9.98. The number of aliphatic hydroxyl groups is 2. The Hall–Kier alpha value is -2.28. The van der Waals surface area contributed by atoms with Crippen LogP contribution in [0, 0.1) is 0 Å². The van der Waals surface area contributed by atoms with Crippen molar-refractivity contribution in [2.75, 3.05) is 13.2 Å². The van der Waals surface area contributed by atoms with Gasteiger partial charge in [-0.25, -0.2) is 4.79 Å². The van der Waals surface area contributed by atoms with Crippen LogP contribution in [0.15, 0.2) is 60.7 Å². The smallest absolute Gasteiger partial charge is 0.407 e. The van der Waals surface area contributed by atoms with Crippen LogP contribution in [-0.2, 0) is 4.74 Å². The van der Waals surface area contributed by atoms with Gasteiger partial charge in [0, 0.05) is 23.0 Å². The number of fused-ring (bicyclic) bond motifs is 3. The van der Waals surface area contributed by atoms with Gasteiger partial charge in [-0.1, -0.05) is 83.3 Å². The molecule has 0 saturated heterocycles. The molecule has 2 atom stereocenters. The first kappa shape index (κ1) is 22.9. The maximum absolute atomic E-state index is 12.3. The summed E-state index contributed by atoms with van der Waals surface area (Å²) in [6.45, 7) is -0.124. The summed E-state index contributed by atoms with van der Waals surface area (Å²) in [6.07, 6.45) is -3.52. The van der Waals surface area contributed by atoms with Crippen molar-refractivity contribution < 1.29 is 19.7 Å². The molecule has 1 amide bonds. The van der Waals surface area contributed by atoms with E-state index in [0.717, 1.165) is 22.3 Å². The third-order valence-corrected chi connectivity index (χ3v) is 6.69. The maximum atomic E-state index is 12.3. The molecule has 1 aliphatic carbocycles. The number of carbonyl (C=O) groups excluding carboxylic acids is 1. The lowest BCUT2D eigenvalue weighted by Crippen LogP contribution is -2.36. The molecule has 0 saturated carbocycles. The molecular weight excluding hydrogens is 473 g/mol. The minimum atomic E-state index is -1.44. The highest BCUT2D eigenvalue weighted by Gasteiger charge is 2.29. The van der Waals surface area contributed by atoms with E-state index in [1.54, 1.807) is 0 Å². The lowest BCUT2D eigenvalue weighted by Gasteiger charge is -2.21. The van der Waals surface area contributed by atoms with Crippen LogP contribution >= 0.6 is 34.8 Å². The third-order valence-electron chi connectivity index (χ3n) is 5.54. The first-order chi connectivity index (χ1) is 15.4. The second-order valence-corrected chi connectivity index (χ2v) is 8.67. The van der Waals surface area contributed by atoms with E-state index in [1.165, 1.54) is 12.1 Å². The minimum absolute atomic E-state index is 0.0480. The number of ether oxygens (including phenoxy) is 1. The molecule has 0 aromatic heterocycles. The summed E-state index contributed by atoms with van der Waals surface area (Å²) in [5.74, 6) is -0.0762. The predicted molar refractivity (Wildman–Crippen MR) is 126 cm³/mol. The first-order valence-electron chi connectivity index (χ1n) is 9.97. The zero-order valence-corrected chi connectivity index (χ0v) is 19.0. The third kappa shape index (κ3) is 4.45. The van der Waals surface area contributed by atoms with Gasteiger partial charge in [0.15, 0.2) is 0 Å². The Morgan fingerprint density at radius 2 is 1.47 bits per heavy atom. The Morgan fingerprint density at radius 1 is 0.906 bits per heavy atom. The quantitative estimate of drug-likeness (QED) is 0.393. The van der Waals surface area contributed by atoms with Gasteiger partial charge in [0.05, 0.1) is 10.0 Å². The van der Waals surface area contributed by atoms with Crippen LogP contribution in [0.1, 0.15) is 28.7 Å². The zero-order chi connectivity index (χ0) is 22.8. The number of alkyl carbamates (subject to hydrolysis) is 1. The van der Waals surface area contributed by atoms with Gasteiger partial charge in [-0.3, -0.25) is 0 Å². The van der Waals surface area contributed by atoms with Crippen LogP contribution < -0.4 is 5.32 Å². The first-order valence-corrected chi connectivity index (χ1v) is 11.1. The molecule has 0 bridgehead atoms. The number of rotatable bonds is 6. The molecule has 0 spiro atoms. The van der Waals surface area contributed by atoms with E-state index in [-0.39, 0.29) is 39.7 Å². The summed E-state index contributed by atoms with van der Waals surface area (Å²) in [5.41, 5.74) is 4.56. The van der Waals surface area contributed by atoms with Crippen molar-refractivity contribution in [2.24, 2.45) is 0 Å². The molecule has 0 aliphatic heterocycles. The average molecular weight is 493 g/mol. The van der Waals surface area contributed by atoms with Crippen LogP contribution in [0.2, 0.25) is 15.1 Å². The molecule has 166 valence electrons. The Balaban J connectivity index is 1.37. The van der Waals surface area contributed by atoms with Crippen LogP contribution in [0.4, 0.5) is 4.79 Å². The molecule has 2 unspecified atom stereocenters. The molecule has 3 N–H and O–H groups in total. The van der Waals surface area contributed by atoms with Crippen molar-refractivity contribution in [2.45, 2.75) is 18.1 Å². The fourth-order valence-electron chi connectivity index (χ4n) is 3.96. The molecule has 3 aromatic carbocycles. The van der Waals surface area contributed by atoms with E-state index in [1.807, 2.05) is 36.4 Å². The maximum Gasteiger partial charge on any atom is 0.407 e. The summed E-state index contributed by atoms with van der Waals surface area (Å²) in [6, 6.07) is 19.0. The van der Waals surface area contributed by atoms with Crippen molar-refractivity contribution in [1.29, 1.82) is 0 Å². The van der Waals surface area contributed by atoms with Gasteiger partial charge in [-0.05, 0) is 34.4 Å². The highest BCUT2D eigenvalue weighted by Crippen LogP contribution is 2.44. The van der Waals surface area contributed by atoms with Crippen molar-refractivity contribution in [3.8, 4) is 11.1 Å². The van der Waals surface area contributed by atoms with Gasteiger partial charge in [0.1, 0.15) is 18.8 Å². The van der Waals surface area contributed by atoms with Crippen molar-refractivity contribution in [1.82, 2.24) is 5.32 Å². The summed E-state index contributed by atoms with van der Waals surface area (Å²) < 4.78 is 5.43. The Labute approximate surface area is 200 Å². The summed E-state index contributed by atoms with van der Waals surface area (Å²) in [5, 5.41) is 23.6. The minimum Gasteiger partial charge on any atom is -0.449 e. The number of nitrogens with one attached hydrogen (secondary N) is 1. The number of aliphatic hydroxyl groups excluding tert-OH is 2. The Bertz CT molecular complexity index is 1110. The lowest BCUT2D eigenvalue weighted by molar-refractivity contribution is 0.0186. The Kier molecular flexibility index (Phi) is 6.93. The molecule has 1 aliphatic rings. The fourth-order valence-corrected chi connectivity index (χ4v) is 4.71. The topological polar surface area (TPSA) is 78.8 Å². The molecule has 0 radical (unpaired) electrons. The number of hydrogen-bond donors (Lipinski definition) is 3. The SMILES string of the molecule is O=C(NCC(O)C(O)c1c(Cl)ccc(Cl)c1Cl)OCC1c2ccccc2-c2ccccc21. The normalized spacial score (nSPS) is 14.4. The summed E-state index contributed by atoms with van der Waals surface area (Å²) in [4.78, 5) is 12.3. The molecule has 32 heavy (non-hydrogen) atoms. The highest BCUT2D eigenvalue weighted by molar-refractivity contribution is 6.44. The predicted octanol–water partition coefficient (Wildman–Crippen LogP) is 5.58. The van der Waals surface area contributed by atoms with Gasteiger partial charge in [0.25, 0.3) is 0 Å². The molecular formula is C24H20Cl3NO4. The molecule has 3 aromatic rings. The molecule has 0 fully saturated rings. The Morgan fingerprint density at radius 3 is 2.09 bits per heavy atom. The van der Waals surface area contributed by atoms with E-state index in [0.29, 0.717) is 0 Å². The van der Waals surface area contributed by atoms with Gasteiger partial charge in [-0.2, -0.15) is 0 Å². The molecule has 4 rings (SSSR count). The number of hydrogen-bond acceptors (Lipinski definition) is 4. The van der Waals surface area contributed by atoms with Crippen LogP contribution in [0.5, 0.6) is 0 Å². The van der Waals surface area contributed by atoms with Gasteiger partial charge < -0.3 is 20.3 Å². The number of halogens is 3. The standard InChI is InChI=1S/C24H20Cl3NO4/c25-18-9-10-19(26)22(27)21(18)23(30)20(29)11-28-24(31)32-12-17-15-7-3-1-5-13(15)14-6-2-4-8-16(14)17/h1-10,17,20,23,29-30H,11-12H2,(H,28,31). The zero-order valence-electron chi connectivity index (χ0n) is 16.8. The second kappa shape index (κ2) is 9.69. The molecule has 8 heteroatoms. The van der Waals surface area contributed by atoms with Gasteiger partial charge in [-0.15, -0.1) is 0 Å². The largest absolute Gasteiger partial charge is 0.449 e. The van der Waals surface area contributed by atoms with Crippen molar-refractivity contribution in [3.63, 3.8) is 0 Å².